The number of carbonyl (C=O) groups is 1. The van der Waals surface area contributed by atoms with Gasteiger partial charge in [0.1, 0.15) is 29.0 Å². The zero-order chi connectivity index (χ0) is 28.3. The van der Waals surface area contributed by atoms with Crippen LogP contribution in [-0.2, 0) is 9.47 Å². The van der Waals surface area contributed by atoms with E-state index < -0.39 is 23.7 Å². The fourth-order valence-electron chi connectivity index (χ4n) is 3.85. The average Bonchev–Trinajstić information content (AvgIpc) is 2.92. The molecule has 39 heavy (non-hydrogen) atoms. The second kappa shape index (κ2) is 14.4. The summed E-state index contributed by atoms with van der Waals surface area (Å²) in [7, 11) is -7.31. The minimum atomic E-state index is -4.94. The monoisotopic (exact) mass is 630 g/mol. The smallest absolute Gasteiger partial charge is 0.434 e. The van der Waals surface area contributed by atoms with Crippen molar-refractivity contribution in [2.75, 3.05) is 6.61 Å². The highest BCUT2D eigenvalue weighted by atomic mass is 79.9. The standard InChI is InChI=1S/C29H25BrO3P.ClHO4/c1-2-32-29(31)33-28(23-18-20-24(30)21-19-23)22-34(25-12-6-3-7-13-25,26-14-8-4-9-15-26)27-16-10-5-11-17-27;2-1(3,4)5/h3-22H,2H2,1H3;(H,2,3,4,5)/q+1;/p-1/b28-22+;. The molecule has 0 aliphatic carbocycles. The molecule has 202 valence electrons. The van der Waals surface area contributed by atoms with Gasteiger partial charge < -0.3 is 9.47 Å². The van der Waals surface area contributed by atoms with Gasteiger partial charge in [0.05, 0.1) is 6.61 Å². The van der Waals surface area contributed by atoms with Crippen molar-refractivity contribution in [2.24, 2.45) is 0 Å². The molecule has 7 nitrogen and oxygen atoms in total. The maximum atomic E-state index is 12.5. The summed E-state index contributed by atoms with van der Waals surface area (Å²) < 4.78 is 45.9. The van der Waals surface area contributed by atoms with Crippen LogP contribution in [0.2, 0.25) is 0 Å². The lowest BCUT2D eigenvalue weighted by molar-refractivity contribution is -2.00. The van der Waals surface area contributed by atoms with Crippen LogP contribution in [-0.4, -0.2) is 12.8 Å². The molecular weight excluding hydrogens is 607 g/mol. The van der Waals surface area contributed by atoms with Gasteiger partial charge in [-0.2, -0.15) is 0 Å². The van der Waals surface area contributed by atoms with Crippen LogP contribution in [0, 0.1) is 10.2 Å². The molecule has 0 heterocycles. The van der Waals surface area contributed by atoms with Crippen LogP contribution in [0.3, 0.4) is 0 Å². The highest BCUT2D eigenvalue weighted by Crippen LogP contribution is 2.58. The van der Waals surface area contributed by atoms with Gasteiger partial charge in [0.25, 0.3) is 0 Å². The van der Waals surface area contributed by atoms with Crippen LogP contribution >= 0.6 is 23.2 Å². The van der Waals surface area contributed by atoms with Crippen molar-refractivity contribution >= 4 is 51.0 Å². The number of rotatable bonds is 7. The van der Waals surface area contributed by atoms with Crippen molar-refractivity contribution in [2.45, 2.75) is 6.92 Å². The maximum absolute atomic E-state index is 12.5. The van der Waals surface area contributed by atoms with Crippen molar-refractivity contribution in [3.8, 4) is 0 Å². The van der Waals surface area contributed by atoms with E-state index in [1.54, 1.807) is 6.92 Å². The Bertz CT molecular complexity index is 1240. The summed E-state index contributed by atoms with van der Waals surface area (Å²) in [6.45, 7) is 2.00. The lowest BCUT2D eigenvalue weighted by Gasteiger charge is -2.25. The summed E-state index contributed by atoms with van der Waals surface area (Å²) >= 11 is 3.50. The lowest BCUT2D eigenvalue weighted by atomic mass is 10.2. The van der Waals surface area contributed by atoms with Crippen LogP contribution in [0.15, 0.2) is 126 Å². The van der Waals surface area contributed by atoms with Crippen LogP contribution in [0.1, 0.15) is 12.5 Å². The van der Waals surface area contributed by atoms with E-state index in [4.69, 9.17) is 28.1 Å². The number of hydrogen-bond acceptors (Lipinski definition) is 7. The molecule has 0 fully saturated rings. The van der Waals surface area contributed by atoms with Gasteiger partial charge in [-0.1, -0.05) is 70.5 Å². The van der Waals surface area contributed by atoms with E-state index >= 15 is 0 Å². The summed E-state index contributed by atoms with van der Waals surface area (Å²) in [6.07, 6.45) is -0.719. The maximum Gasteiger partial charge on any atom is 0.513 e. The van der Waals surface area contributed by atoms with E-state index in [0.29, 0.717) is 5.76 Å². The fourth-order valence-corrected chi connectivity index (χ4v) is 7.93. The first-order valence-corrected chi connectivity index (χ1v) is 15.5. The Morgan fingerprint density at radius 3 is 1.49 bits per heavy atom. The minimum absolute atomic E-state index is 0.239. The third-order valence-corrected chi connectivity index (χ3v) is 9.87. The Labute approximate surface area is 238 Å². The third-order valence-electron chi connectivity index (χ3n) is 5.39. The van der Waals surface area contributed by atoms with E-state index in [9.17, 15) is 4.79 Å². The van der Waals surface area contributed by atoms with Gasteiger partial charge in [-0.15, -0.1) is 10.2 Å². The molecule has 0 saturated carbocycles. The van der Waals surface area contributed by atoms with E-state index in [1.807, 2.05) is 42.5 Å². The van der Waals surface area contributed by atoms with Crippen LogP contribution < -0.4 is 34.5 Å². The first kappa shape index (κ1) is 30.5. The molecule has 0 amide bonds. The first-order valence-electron chi connectivity index (χ1n) is 11.6. The molecule has 4 aromatic rings. The summed E-state index contributed by atoms with van der Waals surface area (Å²) in [5, 5.41) is 3.48. The molecule has 0 saturated heterocycles. The molecule has 0 spiro atoms. The van der Waals surface area contributed by atoms with Gasteiger partial charge in [-0.05, 0) is 67.6 Å². The predicted molar refractivity (Wildman–Crippen MR) is 145 cm³/mol. The first-order chi connectivity index (χ1) is 18.6. The SMILES string of the molecule is CCOC(=O)O/C(=C/[P+](c1ccccc1)(c1ccccc1)c1ccccc1)c1ccc(Br)cc1.[O-][Cl+3]([O-])([O-])[O-]. The van der Waals surface area contributed by atoms with Gasteiger partial charge in [-0.25, -0.2) is 23.4 Å². The van der Waals surface area contributed by atoms with E-state index in [-0.39, 0.29) is 6.61 Å². The van der Waals surface area contributed by atoms with Crippen molar-refractivity contribution in [3.63, 3.8) is 0 Å². The van der Waals surface area contributed by atoms with E-state index in [2.05, 4.69) is 94.5 Å². The van der Waals surface area contributed by atoms with Gasteiger partial charge in [0.15, 0.2) is 5.76 Å². The second-order valence-corrected chi connectivity index (χ2v) is 12.8. The highest BCUT2D eigenvalue weighted by Gasteiger charge is 2.45. The molecule has 0 atom stereocenters. The van der Waals surface area contributed by atoms with Crippen LogP contribution in [0.5, 0.6) is 0 Å². The predicted octanol–water partition coefficient (Wildman–Crippen LogP) is 2.16. The van der Waals surface area contributed by atoms with Crippen molar-refractivity contribution < 1.29 is 43.1 Å². The molecule has 4 aromatic carbocycles. The largest absolute Gasteiger partial charge is 0.513 e. The molecule has 0 radical (unpaired) electrons. The van der Waals surface area contributed by atoms with E-state index in [0.717, 1.165) is 25.9 Å². The Morgan fingerprint density at radius 2 is 1.13 bits per heavy atom. The van der Waals surface area contributed by atoms with Gasteiger partial charge in [0.2, 0.25) is 0 Å². The highest BCUT2D eigenvalue weighted by molar-refractivity contribution is 9.10. The summed E-state index contributed by atoms with van der Waals surface area (Å²) in [5.74, 6) is 2.60. The molecule has 4 rings (SSSR count). The summed E-state index contributed by atoms with van der Waals surface area (Å²) in [6, 6.07) is 39.0. The number of halogens is 2. The molecule has 0 aliphatic rings. The van der Waals surface area contributed by atoms with Gasteiger partial charge >= 0.3 is 6.16 Å². The molecule has 0 N–H and O–H groups in total. The van der Waals surface area contributed by atoms with Crippen molar-refractivity contribution in [1.29, 1.82) is 0 Å². The molecule has 0 unspecified atom stereocenters. The van der Waals surface area contributed by atoms with Crippen molar-refractivity contribution in [3.05, 3.63) is 131 Å². The van der Waals surface area contributed by atoms with Crippen LogP contribution in [0.25, 0.3) is 5.76 Å². The quantitative estimate of drug-likeness (QED) is 0.174. The Hall–Kier alpha value is -3.07. The Balaban J connectivity index is 0.000000771. The number of carbonyl (C=O) groups excluding carboxylic acids is 1. The lowest BCUT2D eigenvalue weighted by Crippen LogP contribution is -2.68. The minimum Gasteiger partial charge on any atom is -0.434 e. The van der Waals surface area contributed by atoms with Gasteiger partial charge in [-0.3, -0.25) is 0 Å². The van der Waals surface area contributed by atoms with Crippen molar-refractivity contribution in [1.82, 2.24) is 0 Å². The topological polar surface area (TPSA) is 128 Å². The van der Waals surface area contributed by atoms with E-state index in [1.165, 1.54) is 0 Å². The number of benzene rings is 4. The van der Waals surface area contributed by atoms with Crippen LogP contribution in [0.4, 0.5) is 4.79 Å². The second-order valence-electron chi connectivity index (χ2n) is 7.89. The fraction of sp³-hybridized carbons (Fsp3) is 0.0690. The molecular formula is C29H25BrClO7P. The molecule has 0 aliphatic heterocycles. The summed E-state index contributed by atoms with van der Waals surface area (Å²) in [5.41, 5.74) is 0.795. The summed E-state index contributed by atoms with van der Waals surface area (Å²) in [4.78, 5) is 12.5. The Kier molecular flexibility index (Phi) is 11.2. The number of hydrogen-bond donors (Lipinski definition) is 0. The third kappa shape index (κ3) is 8.98. The molecule has 0 bridgehead atoms. The molecule has 0 aromatic heterocycles. The molecule has 10 heteroatoms. The zero-order valence-corrected chi connectivity index (χ0v) is 24.1. The Morgan fingerprint density at radius 1 is 0.744 bits per heavy atom. The van der Waals surface area contributed by atoms with Gasteiger partial charge in [0, 0.05) is 10.0 Å². The number of ether oxygens (including phenoxy) is 2. The zero-order valence-electron chi connectivity index (χ0n) is 20.8. The normalized spacial score (nSPS) is 11.7. The average molecular weight is 632 g/mol.